The summed E-state index contributed by atoms with van der Waals surface area (Å²) in [5, 5.41) is 3.65. The quantitative estimate of drug-likeness (QED) is 0.741. The van der Waals surface area contributed by atoms with Gasteiger partial charge in [-0.3, -0.25) is 9.29 Å². The second kappa shape index (κ2) is 8.04. The third-order valence-corrected chi connectivity index (χ3v) is 3.57. The molecule has 0 bridgehead atoms. The van der Waals surface area contributed by atoms with Crippen LogP contribution in [0.4, 0.5) is 4.39 Å². The third kappa shape index (κ3) is 5.35. The van der Waals surface area contributed by atoms with Crippen molar-refractivity contribution in [2.75, 3.05) is 26.3 Å². The van der Waals surface area contributed by atoms with Crippen LogP contribution in [-0.4, -0.2) is 43.3 Å². The summed E-state index contributed by atoms with van der Waals surface area (Å²) in [6.45, 7) is 9.69. The van der Waals surface area contributed by atoms with Crippen molar-refractivity contribution in [2.45, 2.75) is 58.5 Å². The van der Waals surface area contributed by atoms with Crippen LogP contribution in [-0.2, 0) is 0 Å². The number of halogens is 1. The zero-order valence-electron chi connectivity index (χ0n) is 11.7. The van der Waals surface area contributed by atoms with E-state index in [1.54, 1.807) is 0 Å². The Kier molecular flexibility index (Phi) is 7.05. The molecule has 0 radical (unpaired) electrons. The van der Waals surface area contributed by atoms with Crippen LogP contribution in [0.3, 0.4) is 0 Å². The van der Waals surface area contributed by atoms with Gasteiger partial charge in [-0.1, -0.05) is 27.2 Å². The fraction of sp³-hybridized carbons (Fsp3) is 1.00. The molecule has 0 aromatic rings. The molecule has 1 rings (SSSR count). The minimum atomic E-state index is -0.184. The second-order valence-electron chi connectivity index (χ2n) is 5.71. The molecule has 1 aliphatic rings. The number of alkyl halides is 1. The number of rotatable bonds is 7. The fourth-order valence-electron chi connectivity index (χ4n) is 2.78. The normalized spacial score (nSPS) is 26.6. The predicted molar refractivity (Wildman–Crippen MR) is 72.1 cm³/mol. The molecule has 1 heterocycles. The summed E-state index contributed by atoms with van der Waals surface area (Å²) in [7, 11) is 0. The summed E-state index contributed by atoms with van der Waals surface area (Å²) < 4.78 is 12.3. The lowest BCUT2D eigenvalue weighted by Crippen LogP contribution is -2.56. The lowest BCUT2D eigenvalue weighted by atomic mass is 9.97. The molecule has 102 valence electrons. The first kappa shape index (κ1) is 14.9. The van der Waals surface area contributed by atoms with E-state index in [9.17, 15) is 4.39 Å². The molecule has 1 aliphatic heterocycles. The second-order valence-corrected chi connectivity index (χ2v) is 5.71. The minimum Gasteiger partial charge on any atom is -0.311 e. The molecule has 1 fully saturated rings. The maximum Gasteiger partial charge on any atom is 0.0906 e. The third-order valence-electron chi connectivity index (χ3n) is 3.57. The van der Waals surface area contributed by atoms with Gasteiger partial charge in [0.25, 0.3) is 0 Å². The van der Waals surface area contributed by atoms with Gasteiger partial charge in [0.05, 0.1) is 6.67 Å². The highest BCUT2D eigenvalue weighted by Crippen LogP contribution is 2.17. The highest BCUT2D eigenvalue weighted by molar-refractivity contribution is 4.86. The smallest absolute Gasteiger partial charge is 0.0906 e. The van der Waals surface area contributed by atoms with E-state index < -0.39 is 0 Å². The molecule has 0 aromatic heterocycles. The van der Waals surface area contributed by atoms with Gasteiger partial charge in [-0.25, -0.2) is 0 Å². The number of nitrogens with zero attached hydrogens (tertiary/aromatic N) is 1. The average molecular weight is 244 g/mol. The van der Waals surface area contributed by atoms with Crippen LogP contribution in [0.5, 0.6) is 0 Å². The molecular formula is C14H29FN2. The highest BCUT2D eigenvalue weighted by atomic mass is 19.1. The van der Waals surface area contributed by atoms with Gasteiger partial charge in [-0.15, -0.1) is 0 Å². The number of hydrogen-bond donors (Lipinski definition) is 1. The zero-order chi connectivity index (χ0) is 12.7. The van der Waals surface area contributed by atoms with Crippen molar-refractivity contribution in [3.05, 3.63) is 0 Å². The summed E-state index contributed by atoms with van der Waals surface area (Å²) in [6, 6.07) is 1.22. The van der Waals surface area contributed by atoms with E-state index in [1.807, 2.05) is 0 Å². The molecule has 0 aromatic carbocycles. The maximum atomic E-state index is 12.3. The van der Waals surface area contributed by atoms with Crippen LogP contribution < -0.4 is 5.32 Å². The maximum absolute atomic E-state index is 12.3. The van der Waals surface area contributed by atoms with Crippen LogP contribution >= 0.6 is 0 Å². The van der Waals surface area contributed by atoms with Crippen molar-refractivity contribution < 1.29 is 4.39 Å². The Bertz CT molecular complexity index is 197. The molecule has 2 unspecified atom stereocenters. The minimum absolute atomic E-state index is 0.184. The van der Waals surface area contributed by atoms with Gasteiger partial charge in [-0.2, -0.15) is 0 Å². The van der Waals surface area contributed by atoms with E-state index in [2.05, 4.69) is 31.0 Å². The Morgan fingerprint density at radius 3 is 2.76 bits per heavy atom. The van der Waals surface area contributed by atoms with Crippen LogP contribution in [0.15, 0.2) is 0 Å². The molecule has 0 aliphatic carbocycles. The van der Waals surface area contributed by atoms with E-state index in [0.717, 1.165) is 25.6 Å². The predicted octanol–water partition coefficient (Wildman–Crippen LogP) is 2.83. The Morgan fingerprint density at radius 2 is 2.18 bits per heavy atom. The Balaban J connectivity index is 2.46. The fourth-order valence-corrected chi connectivity index (χ4v) is 2.78. The molecule has 0 saturated carbocycles. The molecule has 2 nitrogen and oxygen atoms in total. The van der Waals surface area contributed by atoms with E-state index >= 15 is 0 Å². The lowest BCUT2D eigenvalue weighted by molar-refractivity contribution is 0.107. The van der Waals surface area contributed by atoms with Crippen molar-refractivity contribution in [1.82, 2.24) is 10.2 Å². The van der Waals surface area contributed by atoms with Gasteiger partial charge < -0.3 is 5.32 Å². The standard InChI is InChI=1S/C14H29FN2/c1-4-6-13-11-17(8-5-7-15)14(10-16-13)9-12(2)3/h12-14,16H,4-11H2,1-3H3. The molecule has 0 amide bonds. The molecule has 0 spiro atoms. The highest BCUT2D eigenvalue weighted by Gasteiger charge is 2.27. The summed E-state index contributed by atoms with van der Waals surface area (Å²) in [5.41, 5.74) is 0. The molecule has 1 saturated heterocycles. The Morgan fingerprint density at radius 1 is 1.41 bits per heavy atom. The average Bonchev–Trinajstić information content (AvgIpc) is 2.29. The SMILES string of the molecule is CCCC1CN(CCCF)C(CC(C)C)CN1. The summed E-state index contributed by atoms with van der Waals surface area (Å²) in [4.78, 5) is 2.51. The van der Waals surface area contributed by atoms with Gasteiger partial charge in [0.1, 0.15) is 0 Å². The first-order valence-corrected chi connectivity index (χ1v) is 7.20. The van der Waals surface area contributed by atoms with Crippen molar-refractivity contribution in [2.24, 2.45) is 5.92 Å². The molecule has 17 heavy (non-hydrogen) atoms. The summed E-state index contributed by atoms with van der Waals surface area (Å²) in [6.07, 6.45) is 4.37. The van der Waals surface area contributed by atoms with Gasteiger partial charge >= 0.3 is 0 Å². The van der Waals surface area contributed by atoms with Crippen molar-refractivity contribution in [3.63, 3.8) is 0 Å². The molecule has 3 heteroatoms. The first-order valence-electron chi connectivity index (χ1n) is 7.20. The van der Waals surface area contributed by atoms with E-state index in [-0.39, 0.29) is 6.67 Å². The number of hydrogen-bond acceptors (Lipinski definition) is 2. The van der Waals surface area contributed by atoms with Gasteiger partial charge in [-0.05, 0) is 25.2 Å². The lowest BCUT2D eigenvalue weighted by Gasteiger charge is -2.41. The van der Waals surface area contributed by atoms with E-state index in [0.29, 0.717) is 18.5 Å². The Hall–Kier alpha value is -0.150. The summed E-state index contributed by atoms with van der Waals surface area (Å²) >= 11 is 0. The van der Waals surface area contributed by atoms with Gasteiger partial charge in [0.15, 0.2) is 0 Å². The van der Waals surface area contributed by atoms with Crippen LogP contribution in [0.1, 0.15) is 46.5 Å². The van der Waals surface area contributed by atoms with Crippen LogP contribution in [0.2, 0.25) is 0 Å². The Labute approximate surface area is 106 Å². The molecule has 1 N–H and O–H groups in total. The van der Waals surface area contributed by atoms with Crippen LogP contribution in [0, 0.1) is 5.92 Å². The van der Waals surface area contributed by atoms with Crippen molar-refractivity contribution >= 4 is 0 Å². The van der Waals surface area contributed by atoms with Crippen molar-refractivity contribution in [3.8, 4) is 0 Å². The zero-order valence-corrected chi connectivity index (χ0v) is 11.7. The van der Waals surface area contributed by atoms with E-state index in [4.69, 9.17) is 0 Å². The largest absolute Gasteiger partial charge is 0.311 e. The van der Waals surface area contributed by atoms with Gasteiger partial charge in [0, 0.05) is 31.7 Å². The van der Waals surface area contributed by atoms with Crippen molar-refractivity contribution in [1.29, 1.82) is 0 Å². The number of nitrogens with one attached hydrogen (secondary N) is 1. The summed E-state index contributed by atoms with van der Waals surface area (Å²) in [5.74, 6) is 0.720. The monoisotopic (exact) mass is 244 g/mol. The molecule has 2 atom stereocenters. The first-order chi connectivity index (χ1) is 8.17. The van der Waals surface area contributed by atoms with Crippen LogP contribution in [0.25, 0.3) is 0 Å². The topological polar surface area (TPSA) is 15.3 Å². The van der Waals surface area contributed by atoms with E-state index in [1.165, 1.54) is 19.3 Å². The van der Waals surface area contributed by atoms with Gasteiger partial charge in [0.2, 0.25) is 0 Å². The molecular weight excluding hydrogens is 215 g/mol. The number of piperazine rings is 1.